The molecule has 1 N–H and O–H groups in total. The summed E-state index contributed by atoms with van der Waals surface area (Å²) in [4.78, 5) is 0. The first-order valence-corrected chi connectivity index (χ1v) is 6.89. The van der Waals surface area contributed by atoms with Gasteiger partial charge in [-0.3, -0.25) is 0 Å². The van der Waals surface area contributed by atoms with Gasteiger partial charge in [0.05, 0.1) is 6.04 Å². The standard InChI is InChI=1S/C13H15Cl2N3O/c1-3-4-16-8(2)12-17-18-13(19-12)9-5-10(14)7-11(15)6-9/h5-8,16H,3-4H2,1-2H3. The molecule has 0 saturated heterocycles. The number of rotatable bonds is 5. The van der Waals surface area contributed by atoms with Gasteiger partial charge in [-0.25, -0.2) is 0 Å². The third kappa shape index (κ3) is 3.69. The van der Waals surface area contributed by atoms with E-state index in [4.69, 9.17) is 27.6 Å². The van der Waals surface area contributed by atoms with Crippen LogP contribution in [0.2, 0.25) is 10.0 Å². The molecule has 1 atom stereocenters. The zero-order chi connectivity index (χ0) is 13.8. The van der Waals surface area contributed by atoms with E-state index in [1.54, 1.807) is 18.2 Å². The van der Waals surface area contributed by atoms with Crippen LogP contribution in [0.5, 0.6) is 0 Å². The van der Waals surface area contributed by atoms with Crippen molar-refractivity contribution in [1.82, 2.24) is 15.5 Å². The highest BCUT2D eigenvalue weighted by molar-refractivity contribution is 6.35. The third-order valence-corrected chi connectivity index (χ3v) is 3.06. The second kappa shape index (κ2) is 6.37. The van der Waals surface area contributed by atoms with Gasteiger partial charge in [-0.1, -0.05) is 30.1 Å². The van der Waals surface area contributed by atoms with Gasteiger partial charge in [0.2, 0.25) is 11.8 Å². The van der Waals surface area contributed by atoms with Gasteiger partial charge < -0.3 is 9.73 Å². The molecule has 1 aromatic carbocycles. The van der Waals surface area contributed by atoms with Crippen LogP contribution in [0, 0.1) is 0 Å². The summed E-state index contributed by atoms with van der Waals surface area (Å²) in [6.45, 7) is 4.99. The van der Waals surface area contributed by atoms with Crippen LogP contribution in [0.3, 0.4) is 0 Å². The van der Waals surface area contributed by atoms with E-state index in [2.05, 4.69) is 22.4 Å². The maximum absolute atomic E-state index is 5.95. The van der Waals surface area contributed by atoms with Crippen LogP contribution in [0.1, 0.15) is 32.2 Å². The van der Waals surface area contributed by atoms with Gasteiger partial charge in [0.25, 0.3) is 0 Å². The van der Waals surface area contributed by atoms with Crippen LogP contribution in [-0.2, 0) is 0 Å². The van der Waals surface area contributed by atoms with Crippen LogP contribution in [0.15, 0.2) is 22.6 Å². The number of benzene rings is 1. The summed E-state index contributed by atoms with van der Waals surface area (Å²) in [7, 11) is 0. The first kappa shape index (κ1) is 14.3. The topological polar surface area (TPSA) is 51.0 Å². The summed E-state index contributed by atoms with van der Waals surface area (Å²) >= 11 is 11.9. The Kier molecular flexibility index (Phi) is 4.80. The fraction of sp³-hybridized carbons (Fsp3) is 0.385. The molecule has 0 amide bonds. The molecule has 0 radical (unpaired) electrons. The minimum atomic E-state index is 0.0239. The molecule has 102 valence electrons. The first-order valence-electron chi connectivity index (χ1n) is 6.13. The van der Waals surface area contributed by atoms with Crippen LogP contribution in [-0.4, -0.2) is 16.7 Å². The molecule has 0 fully saturated rings. The smallest absolute Gasteiger partial charge is 0.247 e. The van der Waals surface area contributed by atoms with Crippen molar-refractivity contribution in [2.24, 2.45) is 0 Å². The SMILES string of the molecule is CCCNC(C)c1nnc(-c2cc(Cl)cc(Cl)c2)o1. The Morgan fingerprint density at radius 3 is 2.53 bits per heavy atom. The van der Waals surface area contributed by atoms with E-state index >= 15 is 0 Å². The third-order valence-electron chi connectivity index (χ3n) is 2.62. The van der Waals surface area contributed by atoms with Crippen LogP contribution < -0.4 is 5.32 Å². The molecule has 1 unspecified atom stereocenters. The maximum Gasteiger partial charge on any atom is 0.247 e. The highest BCUT2D eigenvalue weighted by Gasteiger charge is 2.14. The molecule has 0 aliphatic carbocycles. The average molecular weight is 300 g/mol. The van der Waals surface area contributed by atoms with Gasteiger partial charge in [0.15, 0.2) is 0 Å². The Morgan fingerprint density at radius 2 is 1.89 bits per heavy atom. The molecule has 0 aliphatic heterocycles. The van der Waals surface area contributed by atoms with Gasteiger partial charge in [-0.2, -0.15) is 0 Å². The van der Waals surface area contributed by atoms with E-state index in [9.17, 15) is 0 Å². The van der Waals surface area contributed by atoms with E-state index in [0.29, 0.717) is 21.8 Å². The van der Waals surface area contributed by atoms with Gasteiger partial charge in [0.1, 0.15) is 0 Å². The second-order valence-electron chi connectivity index (χ2n) is 4.28. The Balaban J connectivity index is 2.20. The normalized spacial score (nSPS) is 12.6. The van der Waals surface area contributed by atoms with Crippen molar-refractivity contribution >= 4 is 23.2 Å². The Labute approximate surface area is 122 Å². The molecular formula is C13H15Cl2N3O. The number of hydrogen-bond donors (Lipinski definition) is 1. The Hall–Kier alpha value is -1.10. The molecule has 0 aliphatic rings. The predicted octanol–water partition coefficient (Wildman–Crippen LogP) is 4.10. The van der Waals surface area contributed by atoms with Gasteiger partial charge in [-0.15, -0.1) is 10.2 Å². The molecular weight excluding hydrogens is 285 g/mol. The van der Waals surface area contributed by atoms with Crippen LogP contribution >= 0.6 is 23.2 Å². The lowest BCUT2D eigenvalue weighted by Crippen LogP contribution is -2.19. The lowest BCUT2D eigenvalue weighted by molar-refractivity contribution is 0.423. The van der Waals surface area contributed by atoms with Crippen molar-refractivity contribution in [2.75, 3.05) is 6.54 Å². The van der Waals surface area contributed by atoms with Crippen molar-refractivity contribution < 1.29 is 4.42 Å². The quantitative estimate of drug-likeness (QED) is 0.903. The zero-order valence-corrected chi connectivity index (χ0v) is 12.3. The molecule has 4 nitrogen and oxygen atoms in total. The molecule has 1 aromatic heterocycles. The van der Waals surface area contributed by atoms with E-state index in [1.807, 2.05) is 6.92 Å². The summed E-state index contributed by atoms with van der Waals surface area (Å²) < 4.78 is 5.64. The van der Waals surface area contributed by atoms with Crippen molar-refractivity contribution in [1.29, 1.82) is 0 Å². The van der Waals surface area contributed by atoms with E-state index in [0.717, 1.165) is 18.5 Å². The van der Waals surface area contributed by atoms with Crippen molar-refractivity contribution in [3.8, 4) is 11.5 Å². The molecule has 0 bridgehead atoms. The van der Waals surface area contributed by atoms with E-state index < -0.39 is 0 Å². The largest absolute Gasteiger partial charge is 0.419 e. The summed E-state index contributed by atoms with van der Waals surface area (Å²) in [5.41, 5.74) is 0.721. The van der Waals surface area contributed by atoms with Crippen LogP contribution in [0.25, 0.3) is 11.5 Å². The monoisotopic (exact) mass is 299 g/mol. The number of halogens is 2. The lowest BCUT2D eigenvalue weighted by atomic mass is 10.2. The van der Waals surface area contributed by atoms with Gasteiger partial charge in [-0.05, 0) is 38.1 Å². The van der Waals surface area contributed by atoms with Crippen molar-refractivity contribution in [3.05, 3.63) is 34.1 Å². The number of hydrogen-bond acceptors (Lipinski definition) is 4. The predicted molar refractivity (Wildman–Crippen MR) is 76.5 cm³/mol. The summed E-state index contributed by atoms with van der Waals surface area (Å²) in [5.74, 6) is 0.976. The fourth-order valence-corrected chi connectivity index (χ4v) is 2.18. The number of nitrogens with zero attached hydrogens (tertiary/aromatic N) is 2. The highest BCUT2D eigenvalue weighted by Crippen LogP contribution is 2.27. The molecule has 19 heavy (non-hydrogen) atoms. The summed E-state index contributed by atoms with van der Waals surface area (Å²) in [5, 5.41) is 12.4. The molecule has 0 spiro atoms. The van der Waals surface area contributed by atoms with Crippen LogP contribution in [0.4, 0.5) is 0 Å². The Morgan fingerprint density at radius 1 is 1.21 bits per heavy atom. The minimum absolute atomic E-state index is 0.0239. The molecule has 0 saturated carbocycles. The molecule has 6 heteroatoms. The summed E-state index contributed by atoms with van der Waals surface area (Å²) in [6.07, 6.45) is 1.05. The van der Waals surface area contributed by atoms with Gasteiger partial charge >= 0.3 is 0 Å². The summed E-state index contributed by atoms with van der Waals surface area (Å²) in [6, 6.07) is 5.18. The second-order valence-corrected chi connectivity index (χ2v) is 5.15. The highest BCUT2D eigenvalue weighted by atomic mass is 35.5. The Bertz CT molecular complexity index is 536. The maximum atomic E-state index is 5.95. The molecule has 2 aromatic rings. The number of nitrogens with one attached hydrogen (secondary N) is 1. The fourth-order valence-electron chi connectivity index (χ4n) is 1.65. The van der Waals surface area contributed by atoms with Crippen molar-refractivity contribution in [3.63, 3.8) is 0 Å². The molecule has 1 heterocycles. The minimum Gasteiger partial charge on any atom is -0.419 e. The zero-order valence-electron chi connectivity index (χ0n) is 10.8. The average Bonchev–Trinajstić information content (AvgIpc) is 2.84. The van der Waals surface area contributed by atoms with Crippen molar-refractivity contribution in [2.45, 2.75) is 26.3 Å². The van der Waals surface area contributed by atoms with E-state index in [-0.39, 0.29) is 6.04 Å². The molecule has 2 rings (SSSR count). The van der Waals surface area contributed by atoms with E-state index in [1.165, 1.54) is 0 Å². The van der Waals surface area contributed by atoms with Gasteiger partial charge in [0, 0.05) is 15.6 Å². The lowest BCUT2D eigenvalue weighted by Gasteiger charge is -2.07. The first-order chi connectivity index (χ1) is 9.10. The number of aromatic nitrogens is 2.